The number of fused-ring (bicyclic) bond motifs is 1. The molecule has 122 valence electrons. The molecule has 2 aromatic rings. The number of benzene rings is 1. The van der Waals surface area contributed by atoms with Gasteiger partial charge in [0.05, 0.1) is 23.9 Å². The van der Waals surface area contributed by atoms with Crippen molar-refractivity contribution < 1.29 is 23.6 Å². The van der Waals surface area contributed by atoms with Crippen LogP contribution >= 0.6 is 0 Å². The first-order chi connectivity index (χ1) is 11.6. The molecule has 0 bridgehead atoms. The van der Waals surface area contributed by atoms with Crippen molar-refractivity contribution in [3.05, 3.63) is 59.5 Å². The summed E-state index contributed by atoms with van der Waals surface area (Å²) in [6.07, 6.45) is 1.46. The summed E-state index contributed by atoms with van der Waals surface area (Å²) in [5.74, 6) is -1.34. The SMILES string of the molecule is O=C(CN1C(=O)c2ccccc2C1=O)NC(=O)NCc1ccco1. The standard InChI is InChI=1S/C16H13N3O5/c20-13(18-16(23)17-8-10-4-3-7-24-10)9-19-14(21)11-5-1-2-6-12(11)15(19)22/h1-7H,8-9H2,(H2,17,18,20,23). The van der Waals surface area contributed by atoms with E-state index in [1.165, 1.54) is 18.4 Å². The first-order valence-corrected chi connectivity index (χ1v) is 7.11. The Morgan fingerprint density at radius 3 is 2.25 bits per heavy atom. The molecule has 0 radical (unpaired) electrons. The number of furan rings is 1. The quantitative estimate of drug-likeness (QED) is 0.811. The number of carbonyl (C=O) groups is 4. The monoisotopic (exact) mass is 327 g/mol. The lowest BCUT2D eigenvalue weighted by atomic mass is 10.1. The van der Waals surface area contributed by atoms with Crippen LogP contribution in [0.1, 0.15) is 26.5 Å². The van der Waals surface area contributed by atoms with Crippen molar-refractivity contribution in [2.75, 3.05) is 6.54 Å². The van der Waals surface area contributed by atoms with Gasteiger partial charge in [-0.05, 0) is 24.3 Å². The van der Waals surface area contributed by atoms with E-state index in [1.54, 1.807) is 24.3 Å². The van der Waals surface area contributed by atoms with Gasteiger partial charge in [-0.3, -0.25) is 24.6 Å². The van der Waals surface area contributed by atoms with Gasteiger partial charge in [-0.25, -0.2) is 4.79 Å². The number of nitrogens with one attached hydrogen (secondary N) is 2. The van der Waals surface area contributed by atoms with Crippen LogP contribution < -0.4 is 10.6 Å². The number of rotatable bonds is 4. The molecule has 0 saturated carbocycles. The van der Waals surface area contributed by atoms with Crippen LogP contribution in [0.15, 0.2) is 47.1 Å². The van der Waals surface area contributed by atoms with Crippen LogP contribution in [0.4, 0.5) is 4.79 Å². The van der Waals surface area contributed by atoms with Crippen LogP contribution in [-0.4, -0.2) is 35.2 Å². The molecule has 1 aliphatic rings. The van der Waals surface area contributed by atoms with Gasteiger partial charge in [-0.1, -0.05) is 12.1 Å². The van der Waals surface area contributed by atoms with Gasteiger partial charge in [-0.2, -0.15) is 0 Å². The van der Waals surface area contributed by atoms with Crippen LogP contribution in [0.3, 0.4) is 0 Å². The Labute approximate surface area is 136 Å². The maximum atomic E-state index is 12.1. The third-order valence-corrected chi connectivity index (χ3v) is 3.44. The Kier molecular flexibility index (Phi) is 4.11. The molecule has 1 aromatic carbocycles. The van der Waals surface area contributed by atoms with Gasteiger partial charge in [0.25, 0.3) is 11.8 Å². The van der Waals surface area contributed by atoms with Crippen LogP contribution in [0.25, 0.3) is 0 Å². The molecule has 8 heteroatoms. The molecule has 1 aliphatic heterocycles. The lowest BCUT2D eigenvalue weighted by Crippen LogP contribution is -2.45. The summed E-state index contributed by atoms with van der Waals surface area (Å²) in [6, 6.07) is 8.90. The minimum Gasteiger partial charge on any atom is -0.467 e. The summed E-state index contributed by atoms with van der Waals surface area (Å²) in [6.45, 7) is -0.417. The van der Waals surface area contributed by atoms with Crippen LogP contribution in [0, 0.1) is 0 Å². The number of amides is 5. The molecule has 1 aromatic heterocycles. The molecule has 0 saturated heterocycles. The zero-order valence-electron chi connectivity index (χ0n) is 12.4. The number of carbonyl (C=O) groups excluding carboxylic acids is 4. The normalized spacial score (nSPS) is 12.9. The van der Waals surface area contributed by atoms with E-state index in [0.29, 0.717) is 5.76 Å². The summed E-state index contributed by atoms with van der Waals surface area (Å²) >= 11 is 0. The summed E-state index contributed by atoms with van der Waals surface area (Å²) in [5.41, 5.74) is 0.496. The maximum Gasteiger partial charge on any atom is 0.321 e. The molecular weight excluding hydrogens is 314 g/mol. The molecule has 24 heavy (non-hydrogen) atoms. The molecule has 2 N–H and O–H groups in total. The van der Waals surface area contributed by atoms with Crippen molar-refractivity contribution in [1.82, 2.24) is 15.5 Å². The predicted molar refractivity (Wildman–Crippen MR) is 80.9 cm³/mol. The van der Waals surface area contributed by atoms with E-state index >= 15 is 0 Å². The highest BCUT2D eigenvalue weighted by Crippen LogP contribution is 2.21. The van der Waals surface area contributed by atoms with E-state index in [9.17, 15) is 19.2 Å². The average Bonchev–Trinajstić information content (AvgIpc) is 3.17. The molecular formula is C16H13N3O5. The smallest absolute Gasteiger partial charge is 0.321 e. The maximum absolute atomic E-state index is 12.1. The van der Waals surface area contributed by atoms with Crippen LogP contribution in [0.5, 0.6) is 0 Å². The molecule has 5 amide bonds. The highest BCUT2D eigenvalue weighted by Gasteiger charge is 2.36. The van der Waals surface area contributed by atoms with Crippen molar-refractivity contribution in [2.45, 2.75) is 6.54 Å². The molecule has 3 rings (SSSR count). The largest absolute Gasteiger partial charge is 0.467 e. The predicted octanol–water partition coefficient (Wildman–Crippen LogP) is 0.902. The topological polar surface area (TPSA) is 109 Å². The van der Waals surface area contributed by atoms with E-state index in [0.717, 1.165) is 4.90 Å². The average molecular weight is 327 g/mol. The Bertz CT molecular complexity index is 778. The second kappa shape index (κ2) is 6.37. The lowest BCUT2D eigenvalue weighted by molar-refractivity contribution is -0.120. The van der Waals surface area contributed by atoms with Gasteiger partial charge in [0, 0.05) is 0 Å². The number of imide groups is 2. The fourth-order valence-electron chi connectivity index (χ4n) is 2.32. The van der Waals surface area contributed by atoms with Gasteiger partial charge >= 0.3 is 6.03 Å². The summed E-state index contributed by atoms with van der Waals surface area (Å²) in [4.78, 5) is 48.6. The Hall–Kier alpha value is -3.42. The number of nitrogens with zero attached hydrogens (tertiary/aromatic N) is 1. The fraction of sp³-hybridized carbons (Fsp3) is 0.125. The van der Waals surface area contributed by atoms with Gasteiger partial charge in [0.1, 0.15) is 12.3 Å². The van der Waals surface area contributed by atoms with E-state index in [1.807, 2.05) is 0 Å². The minimum absolute atomic E-state index is 0.110. The van der Waals surface area contributed by atoms with Crippen molar-refractivity contribution >= 4 is 23.8 Å². The van der Waals surface area contributed by atoms with Gasteiger partial charge in [0.15, 0.2) is 0 Å². The van der Waals surface area contributed by atoms with Crippen molar-refractivity contribution in [2.24, 2.45) is 0 Å². The minimum atomic E-state index is -0.763. The first-order valence-electron chi connectivity index (χ1n) is 7.11. The molecule has 0 spiro atoms. The van der Waals surface area contributed by atoms with Crippen molar-refractivity contribution in [3.63, 3.8) is 0 Å². The summed E-state index contributed by atoms with van der Waals surface area (Å²) in [5, 5.41) is 4.49. The van der Waals surface area contributed by atoms with E-state index in [-0.39, 0.29) is 17.7 Å². The number of hydrogen-bond acceptors (Lipinski definition) is 5. The zero-order valence-corrected chi connectivity index (χ0v) is 12.4. The third-order valence-electron chi connectivity index (χ3n) is 3.44. The summed E-state index contributed by atoms with van der Waals surface area (Å²) < 4.78 is 5.04. The number of hydrogen-bond donors (Lipinski definition) is 2. The fourth-order valence-corrected chi connectivity index (χ4v) is 2.32. The number of urea groups is 1. The van der Waals surface area contributed by atoms with Crippen LogP contribution in [0.2, 0.25) is 0 Å². The Morgan fingerprint density at radius 2 is 1.67 bits per heavy atom. The van der Waals surface area contributed by atoms with E-state index < -0.39 is 30.3 Å². The highest BCUT2D eigenvalue weighted by molar-refractivity contribution is 6.22. The third kappa shape index (κ3) is 3.02. The molecule has 0 fully saturated rings. The lowest BCUT2D eigenvalue weighted by Gasteiger charge is -2.13. The molecule has 0 atom stereocenters. The Morgan fingerprint density at radius 1 is 1.00 bits per heavy atom. The second-order valence-corrected chi connectivity index (χ2v) is 5.05. The first kappa shape index (κ1) is 15.5. The van der Waals surface area contributed by atoms with Gasteiger partial charge < -0.3 is 9.73 Å². The zero-order chi connectivity index (χ0) is 17.1. The van der Waals surface area contributed by atoms with Crippen LogP contribution in [-0.2, 0) is 11.3 Å². The second-order valence-electron chi connectivity index (χ2n) is 5.05. The molecule has 2 heterocycles. The highest BCUT2D eigenvalue weighted by atomic mass is 16.3. The van der Waals surface area contributed by atoms with E-state index in [2.05, 4.69) is 10.6 Å². The summed E-state index contributed by atoms with van der Waals surface area (Å²) in [7, 11) is 0. The Balaban J connectivity index is 1.55. The molecule has 0 unspecified atom stereocenters. The van der Waals surface area contributed by atoms with E-state index in [4.69, 9.17) is 4.42 Å². The molecule has 0 aliphatic carbocycles. The van der Waals surface area contributed by atoms with Crippen molar-refractivity contribution in [1.29, 1.82) is 0 Å². The van der Waals surface area contributed by atoms with Gasteiger partial charge in [-0.15, -0.1) is 0 Å². The van der Waals surface area contributed by atoms with Crippen molar-refractivity contribution in [3.8, 4) is 0 Å². The van der Waals surface area contributed by atoms with Gasteiger partial charge in [0.2, 0.25) is 5.91 Å². The molecule has 8 nitrogen and oxygen atoms in total.